The number of esters is 4. The highest BCUT2D eigenvalue weighted by Crippen LogP contribution is 2.46. The normalized spacial score (nSPS) is 16.1. The lowest BCUT2D eigenvalue weighted by Crippen LogP contribution is -2.55. The van der Waals surface area contributed by atoms with E-state index in [2.05, 4.69) is 10.6 Å². The molecule has 0 saturated carbocycles. The third-order valence-electron chi connectivity index (χ3n) is 12.4. The van der Waals surface area contributed by atoms with E-state index in [4.69, 9.17) is 23.7 Å². The second-order valence-electron chi connectivity index (χ2n) is 18.1. The molecule has 1 aliphatic heterocycles. The number of halogens is 1. The van der Waals surface area contributed by atoms with Crippen LogP contribution in [0.5, 0.6) is 5.75 Å². The second kappa shape index (κ2) is 30.2. The SMILES string of the molecule is COc1ccc([C@@H]2[C@@H](CC[C@H](O)c3ccc(F)cc3)C(=O)N2c2ccc(CNC(=O)CCCCCCCCCCC(=O)NC[C@H](OC(C)=O)[C@@H](OC(C)=O)[C@H](OC(C)=O)[C@@H](CCC(=O)O)OC(C)=O)cc2)cc1. The Balaban J connectivity index is 1.15. The number of carbonyl (C=O) groups is 8. The zero-order valence-corrected chi connectivity index (χ0v) is 42.3. The van der Waals surface area contributed by atoms with Crippen LogP contribution in [-0.2, 0) is 63.8 Å². The molecule has 0 radical (unpaired) electrons. The lowest BCUT2D eigenvalue weighted by Gasteiger charge is -2.48. The Bertz CT molecular complexity index is 2290. The Morgan fingerprint density at radius 1 is 0.630 bits per heavy atom. The minimum Gasteiger partial charge on any atom is -0.497 e. The summed E-state index contributed by atoms with van der Waals surface area (Å²) in [4.78, 5) is 101. The number of carboxylic acid groups (broad SMARTS) is 1. The van der Waals surface area contributed by atoms with E-state index in [-0.39, 0.29) is 54.9 Å². The summed E-state index contributed by atoms with van der Waals surface area (Å²) in [5.74, 6) is -5.19. The number of aliphatic hydroxyl groups excluding tert-OH is 1. The Hall–Kier alpha value is -6.89. The minimum absolute atomic E-state index is 0.0577. The topological polar surface area (TPSA) is 250 Å². The quantitative estimate of drug-likeness (QED) is 0.0208. The predicted molar refractivity (Wildman–Crippen MR) is 264 cm³/mol. The fourth-order valence-corrected chi connectivity index (χ4v) is 8.79. The molecule has 19 heteroatoms. The van der Waals surface area contributed by atoms with E-state index >= 15 is 0 Å². The van der Waals surface area contributed by atoms with Gasteiger partial charge in [0, 0.05) is 59.2 Å². The molecule has 4 N–H and O–H groups in total. The number of anilines is 1. The van der Waals surface area contributed by atoms with Crippen molar-refractivity contribution in [1.82, 2.24) is 10.6 Å². The van der Waals surface area contributed by atoms with Crippen LogP contribution in [0.2, 0.25) is 0 Å². The van der Waals surface area contributed by atoms with Crippen molar-refractivity contribution in [2.24, 2.45) is 5.92 Å². The lowest BCUT2D eigenvalue weighted by molar-refractivity contribution is -0.198. The van der Waals surface area contributed by atoms with Crippen LogP contribution in [0, 0.1) is 11.7 Å². The molecule has 3 aromatic rings. The van der Waals surface area contributed by atoms with Gasteiger partial charge in [0.2, 0.25) is 17.7 Å². The zero-order valence-electron chi connectivity index (χ0n) is 42.3. The number of nitrogens with one attached hydrogen (secondary N) is 2. The number of ether oxygens (including phenoxy) is 5. The van der Waals surface area contributed by atoms with Crippen molar-refractivity contribution < 1.29 is 76.6 Å². The number of unbranched alkanes of at least 4 members (excludes halogenated alkanes) is 7. The predicted octanol–water partition coefficient (Wildman–Crippen LogP) is 7.28. The van der Waals surface area contributed by atoms with Crippen molar-refractivity contribution in [3.63, 3.8) is 0 Å². The van der Waals surface area contributed by atoms with Crippen LogP contribution in [0.1, 0.15) is 146 Å². The maximum absolute atomic E-state index is 13.7. The van der Waals surface area contributed by atoms with Gasteiger partial charge in [0.05, 0.1) is 31.7 Å². The lowest BCUT2D eigenvalue weighted by atomic mass is 9.78. The van der Waals surface area contributed by atoms with Crippen LogP contribution in [0.3, 0.4) is 0 Å². The summed E-state index contributed by atoms with van der Waals surface area (Å²) in [5.41, 5.74) is 3.13. The maximum Gasteiger partial charge on any atom is 0.303 e. The standard InChI is InChI=1S/C54H70FN3O15/c1-34(59)70-46(30-31-50(66)67)52(72-36(3)61)53(73-37(4)62)47(71-35(2)60)33-57-49(65)15-13-11-9-7-6-8-10-12-14-48(64)56-32-38-16-24-42(25-17-38)58-51(40-20-26-43(69-5)27-21-40)44(54(58)68)28-29-45(63)39-18-22-41(55)23-19-39/h16-27,44-47,51-53,63H,6-15,28-33H2,1-5H3,(H,56,64)(H,57,65)(H,66,67)/t44-,45+,46-,47+,51-,52-,53-/m1/s1. The number of amides is 3. The molecular formula is C54H70FN3O15. The molecule has 18 nitrogen and oxygen atoms in total. The van der Waals surface area contributed by atoms with E-state index < -0.39 is 66.8 Å². The van der Waals surface area contributed by atoms with Crippen LogP contribution >= 0.6 is 0 Å². The van der Waals surface area contributed by atoms with Gasteiger partial charge >= 0.3 is 29.8 Å². The largest absolute Gasteiger partial charge is 0.497 e. The molecule has 3 amide bonds. The molecule has 1 heterocycles. The first-order chi connectivity index (χ1) is 34.9. The molecule has 1 aliphatic rings. The van der Waals surface area contributed by atoms with Gasteiger partial charge in [-0.1, -0.05) is 74.9 Å². The van der Waals surface area contributed by atoms with Crippen molar-refractivity contribution in [3.05, 3.63) is 95.3 Å². The Kier molecular flexibility index (Phi) is 24.3. The number of rotatable bonds is 32. The smallest absolute Gasteiger partial charge is 0.303 e. The average molecular weight is 1020 g/mol. The van der Waals surface area contributed by atoms with Gasteiger partial charge in [-0.25, -0.2) is 4.39 Å². The summed E-state index contributed by atoms with van der Waals surface area (Å²) in [6.45, 7) is 4.21. The summed E-state index contributed by atoms with van der Waals surface area (Å²) in [5, 5.41) is 25.7. The number of carboxylic acids is 1. The van der Waals surface area contributed by atoms with Crippen LogP contribution in [0.4, 0.5) is 10.1 Å². The molecule has 0 spiro atoms. The fourth-order valence-electron chi connectivity index (χ4n) is 8.79. The van der Waals surface area contributed by atoms with E-state index in [0.29, 0.717) is 43.5 Å². The first kappa shape index (κ1) is 58.7. The molecule has 0 aliphatic carbocycles. The molecule has 0 unspecified atom stereocenters. The van der Waals surface area contributed by atoms with Crippen molar-refractivity contribution >= 4 is 53.3 Å². The molecule has 4 rings (SSSR count). The number of aliphatic carboxylic acids is 1. The Morgan fingerprint density at radius 2 is 1.14 bits per heavy atom. The van der Waals surface area contributed by atoms with Gasteiger partial charge in [0.15, 0.2) is 18.3 Å². The van der Waals surface area contributed by atoms with Crippen LogP contribution < -0.4 is 20.3 Å². The van der Waals surface area contributed by atoms with Crippen LogP contribution in [-0.4, -0.2) is 95.9 Å². The maximum atomic E-state index is 13.7. The summed E-state index contributed by atoms with van der Waals surface area (Å²) >= 11 is 0. The Morgan fingerprint density at radius 3 is 1.66 bits per heavy atom. The average Bonchev–Trinajstić information content (AvgIpc) is 3.34. The number of benzene rings is 3. The third kappa shape index (κ3) is 19.9. The summed E-state index contributed by atoms with van der Waals surface area (Å²) in [6.07, 6.45) is 0.329. The minimum atomic E-state index is -1.58. The number of carbonyl (C=O) groups excluding carboxylic acids is 7. The number of aliphatic hydroxyl groups is 1. The Labute approximate surface area is 425 Å². The van der Waals surface area contributed by atoms with Gasteiger partial charge in [0.1, 0.15) is 17.7 Å². The molecular weight excluding hydrogens is 950 g/mol. The van der Waals surface area contributed by atoms with E-state index in [1.807, 2.05) is 48.5 Å². The van der Waals surface area contributed by atoms with Gasteiger partial charge in [-0.2, -0.15) is 0 Å². The number of nitrogens with zero attached hydrogens (tertiary/aromatic N) is 1. The fraction of sp³-hybridized carbons (Fsp3) is 0.519. The monoisotopic (exact) mass is 1020 g/mol. The number of β-lactam (4-membered cyclic amide) rings is 1. The number of methoxy groups -OCH3 is 1. The van der Waals surface area contributed by atoms with Gasteiger partial charge in [0.25, 0.3) is 0 Å². The molecule has 0 bridgehead atoms. The van der Waals surface area contributed by atoms with Crippen LogP contribution in [0.15, 0.2) is 72.8 Å². The number of hydrogen-bond acceptors (Lipinski definition) is 14. The molecule has 0 aromatic heterocycles. The van der Waals surface area contributed by atoms with E-state index in [1.54, 1.807) is 24.1 Å². The van der Waals surface area contributed by atoms with Crippen LogP contribution in [0.25, 0.3) is 0 Å². The van der Waals surface area contributed by atoms with Crippen molar-refractivity contribution in [2.75, 3.05) is 18.6 Å². The highest BCUT2D eigenvalue weighted by atomic mass is 19.1. The van der Waals surface area contributed by atoms with Crippen molar-refractivity contribution in [1.29, 1.82) is 0 Å². The zero-order chi connectivity index (χ0) is 53.5. The van der Waals surface area contributed by atoms with E-state index in [9.17, 15) is 53.0 Å². The molecule has 1 fully saturated rings. The van der Waals surface area contributed by atoms with Gasteiger partial charge in [-0.05, 0) is 85.2 Å². The first-order valence-corrected chi connectivity index (χ1v) is 24.8. The van der Waals surface area contributed by atoms with Crippen molar-refractivity contribution in [3.8, 4) is 5.75 Å². The second-order valence-corrected chi connectivity index (χ2v) is 18.1. The number of hydrogen-bond donors (Lipinski definition) is 4. The summed E-state index contributed by atoms with van der Waals surface area (Å²) < 4.78 is 40.2. The molecule has 1 saturated heterocycles. The first-order valence-electron chi connectivity index (χ1n) is 24.8. The van der Waals surface area contributed by atoms with Gasteiger partial charge in [-0.3, -0.25) is 38.4 Å². The van der Waals surface area contributed by atoms with E-state index in [1.165, 1.54) is 12.1 Å². The molecule has 398 valence electrons. The van der Waals surface area contributed by atoms with E-state index in [0.717, 1.165) is 89.5 Å². The van der Waals surface area contributed by atoms with Gasteiger partial charge in [-0.15, -0.1) is 0 Å². The molecule has 3 aromatic carbocycles. The summed E-state index contributed by atoms with van der Waals surface area (Å²) in [7, 11) is 1.59. The summed E-state index contributed by atoms with van der Waals surface area (Å²) in [6, 6.07) is 20.5. The third-order valence-corrected chi connectivity index (χ3v) is 12.4. The molecule has 7 atom stereocenters. The van der Waals surface area contributed by atoms with Crippen molar-refractivity contribution in [2.45, 2.75) is 161 Å². The molecule has 73 heavy (non-hydrogen) atoms. The van der Waals surface area contributed by atoms with Gasteiger partial charge < -0.3 is 49.4 Å². The highest BCUT2D eigenvalue weighted by molar-refractivity contribution is 6.03. The highest BCUT2D eigenvalue weighted by Gasteiger charge is 2.48.